The van der Waals surface area contributed by atoms with E-state index in [0.717, 1.165) is 18.4 Å². The van der Waals surface area contributed by atoms with Crippen LogP contribution in [0.2, 0.25) is 0 Å². The highest BCUT2D eigenvalue weighted by atomic mass is 32.2. The summed E-state index contributed by atoms with van der Waals surface area (Å²) in [4.78, 5) is 0.319. The van der Waals surface area contributed by atoms with E-state index >= 15 is 0 Å². The predicted octanol–water partition coefficient (Wildman–Crippen LogP) is 3.65. The Morgan fingerprint density at radius 3 is 2.35 bits per heavy atom. The van der Waals surface area contributed by atoms with Gasteiger partial charge in [0.05, 0.1) is 4.90 Å². The van der Waals surface area contributed by atoms with Crippen molar-refractivity contribution in [2.45, 2.75) is 51.5 Å². The maximum atomic E-state index is 12.3. The molecule has 0 aliphatic rings. The third kappa shape index (κ3) is 5.10. The van der Waals surface area contributed by atoms with Crippen molar-refractivity contribution < 1.29 is 8.42 Å². The van der Waals surface area contributed by atoms with Crippen LogP contribution in [0, 0.1) is 12.8 Å². The molecule has 3 nitrogen and oxygen atoms in total. The quantitative estimate of drug-likeness (QED) is 0.780. The van der Waals surface area contributed by atoms with Gasteiger partial charge in [-0.1, -0.05) is 50.1 Å². The number of allylic oxidation sites excluding steroid dienone is 1. The summed E-state index contributed by atoms with van der Waals surface area (Å²) in [5, 5.41) is 0. The van der Waals surface area contributed by atoms with E-state index in [9.17, 15) is 8.42 Å². The van der Waals surface area contributed by atoms with Crippen LogP contribution in [0.15, 0.2) is 41.3 Å². The molecular weight excluding hydrogens is 270 g/mol. The lowest BCUT2D eigenvalue weighted by molar-refractivity contribution is 0.508. The Balaban J connectivity index is 2.73. The lowest BCUT2D eigenvalue weighted by Crippen LogP contribution is -2.36. The third-order valence-electron chi connectivity index (χ3n) is 3.36. The normalized spacial score (nSPS) is 15.4. The van der Waals surface area contributed by atoms with Crippen LogP contribution in [0.3, 0.4) is 0 Å². The summed E-state index contributed by atoms with van der Waals surface area (Å²) >= 11 is 0. The molecule has 4 heteroatoms. The van der Waals surface area contributed by atoms with Crippen LogP contribution < -0.4 is 4.72 Å². The third-order valence-corrected chi connectivity index (χ3v) is 4.93. The SMILES string of the molecule is CCC/C=C/[C@H](C)[C@H](C)NS(=O)(=O)c1ccc(C)cc1. The van der Waals surface area contributed by atoms with Crippen molar-refractivity contribution in [2.24, 2.45) is 5.92 Å². The Kier molecular flexibility index (Phi) is 6.43. The first-order chi connectivity index (χ1) is 9.36. The van der Waals surface area contributed by atoms with Gasteiger partial charge >= 0.3 is 0 Å². The molecule has 112 valence electrons. The molecule has 0 saturated heterocycles. The Labute approximate surface area is 123 Å². The zero-order valence-corrected chi connectivity index (χ0v) is 13.6. The Morgan fingerprint density at radius 1 is 1.20 bits per heavy atom. The van der Waals surface area contributed by atoms with Crippen molar-refractivity contribution in [3.8, 4) is 0 Å². The van der Waals surface area contributed by atoms with Gasteiger partial charge in [0.25, 0.3) is 0 Å². The van der Waals surface area contributed by atoms with Gasteiger partial charge in [0.1, 0.15) is 0 Å². The zero-order valence-electron chi connectivity index (χ0n) is 12.8. The molecule has 0 heterocycles. The molecule has 20 heavy (non-hydrogen) atoms. The van der Waals surface area contributed by atoms with Gasteiger partial charge in [-0.15, -0.1) is 0 Å². The lowest BCUT2D eigenvalue weighted by Gasteiger charge is -2.18. The van der Waals surface area contributed by atoms with Crippen molar-refractivity contribution in [3.05, 3.63) is 42.0 Å². The maximum absolute atomic E-state index is 12.3. The average Bonchev–Trinajstić information content (AvgIpc) is 2.38. The molecule has 0 aromatic heterocycles. The molecule has 1 rings (SSSR count). The number of rotatable bonds is 7. The summed E-state index contributed by atoms with van der Waals surface area (Å²) in [6, 6.07) is 6.77. The number of hydrogen-bond acceptors (Lipinski definition) is 2. The summed E-state index contributed by atoms with van der Waals surface area (Å²) in [5.74, 6) is 0.168. The molecule has 0 saturated carbocycles. The van der Waals surface area contributed by atoms with Gasteiger partial charge in [-0.3, -0.25) is 0 Å². The Morgan fingerprint density at radius 2 is 1.80 bits per heavy atom. The molecule has 1 aromatic rings. The van der Waals surface area contributed by atoms with E-state index in [2.05, 4.69) is 23.8 Å². The van der Waals surface area contributed by atoms with E-state index in [1.807, 2.05) is 32.9 Å². The monoisotopic (exact) mass is 295 g/mol. The molecule has 1 aromatic carbocycles. The molecule has 0 bridgehead atoms. The van der Waals surface area contributed by atoms with Crippen LogP contribution in [-0.4, -0.2) is 14.5 Å². The van der Waals surface area contributed by atoms with E-state index < -0.39 is 10.0 Å². The molecule has 0 unspecified atom stereocenters. The van der Waals surface area contributed by atoms with Gasteiger partial charge < -0.3 is 0 Å². The van der Waals surface area contributed by atoms with Gasteiger partial charge in [0.15, 0.2) is 0 Å². The minimum atomic E-state index is -3.44. The molecular formula is C16H25NO2S. The molecule has 0 fully saturated rings. The molecule has 0 aliphatic heterocycles. The molecule has 2 atom stereocenters. The highest BCUT2D eigenvalue weighted by molar-refractivity contribution is 7.89. The van der Waals surface area contributed by atoms with Gasteiger partial charge in [0, 0.05) is 6.04 Å². The fourth-order valence-electron chi connectivity index (χ4n) is 1.78. The summed E-state index contributed by atoms with van der Waals surface area (Å²) < 4.78 is 27.2. The summed E-state index contributed by atoms with van der Waals surface area (Å²) in [6.07, 6.45) is 6.32. The van der Waals surface area contributed by atoms with Gasteiger partial charge in [-0.2, -0.15) is 0 Å². The summed E-state index contributed by atoms with van der Waals surface area (Å²) in [5.41, 5.74) is 1.05. The van der Waals surface area contributed by atoms with Crippen LogP contribution >= 0.6 is 0 Å². The van der Waals surface area contributed by atoms with Crippen LogP contribution in [-0.2, 0) is 10.0 Å². The number of aryl methyl sites for hydroxylation is 1. The van der Waals surface area contributed by atoms with Crippen LogP contribution in [0.4, 0.5) is 0 Å². The van der Waals surface area contributed by atoms with Crippen LogP contribution in [0.5, 0.6) is 0 Å². The number of sulfonamides is 1. The van der Waals surface area contributed by atoms with Crippen molar-refractivity contribution in [2.75, 3.05) is 0 Å². The smallest absolute Gasteiger partial charge is 0.208 e. The van der Waals surface area contributed by atoms with Gasteiger partial charge in [0.2, 0.25) is 10.0 Å². The molecule has 0 spiro atoms. The topological polar surface area (TPSA) is 46.2 Å². The number of unbranched alkanes of at least 4 members (excludes halogenated alkanes) is 1. The Hall–Kier alpha value is -1.13. The van der Waals surface area contributed by atoms with Crippen LogP contribution in [0.1, 0.15) is 39.2 Å². The first-order valence-electron chi connectivity index (χ1n) is 7.12. The Bertz CT molecular complexity index is 532. The lowest BCUT2D eigenvalue weighted by atomic mass is 10.0. The molecule has 0 radical (unpaired) electrons. The van der Waals surface area contributed by atoms with Crippen LogP contribution in [0.25, 0.3) is 0 Å². The average molecular weight is 295 g/mol. The molecule has 1 N–H and O–H groups in total. The van der Waals surface area contributed by atoms with E-state index in [1.165, 1.54) is 0 Å². The van der Waals surface area contributed by atoms with E-state index in [-0.39, 0.29) is 12.0 Å². The highest BCUT2D eigenvalue weighted by Crippen LogP contribution is 2.13. The predicted molar refractivity (Wildman–Crippen MR) is 84.2 cm³/mol. The van der Waals surface area contributed by atoms with Gasteiger partial charge in [-0.05, 0) is 38.3 Å². The highest BCUT2D eigenvalue weighted by Gasteiger charge is 2.19. The minimum absolute atomic E-state index is 0.130. The number of nitrogens with one attached hydrogen (secondary N) is 1. The van der Waals surface area contributed by atoms with E-state index in [1.54, 1.807) is 12.1 Å². The summed E-state index contributed by atoms with van der Waals surface area (Å²) in [6.45, 7) is 7.98. The fraction of sp³-hybridized carbons (Fsp3) is 0.500. The minimum Gasteiger partial charge on any atom is -0.208 e. The first kappa shape index (κ1) is 16.9. The standard InChI is InChI=1S/C16H25NO2S/c1-5-6-7-8-14(3)15(4)17-20(18,19)16-11-9-13(2)10-12-16/h7-12,14-15,17H,5-6H2,1-4H3/b8-7+/t14-,15-/m0/s1. The van der Waals surface area contributed by atoms with Crippen molar-refractivity contribution in [1.82, 2.24) is 4.72 Å². The van der Waals surface area contributed by atoms with E-state index in [0.29, 0.717) is 4.90 Å². The van der Waals surface area contributed by atoms with Crippen molar-refractivity contribution in [3.63, 3.8) is 0 Å². The molecule has 0 amide bonds. The largest absolute Gasteiger partial charge is 0.240 e. The fourth-order valence-corrected chi connectivity index (χ4v) is 3.12. The second-order valence-electron chi connectivity index (χ2n) is 5.30. The van der Waals surface area contributed by atoms with E-state index in [4.69, 9.17) is 0 Å². The van der Waals surface area contributed by atoms with Crippen molar-refractivity contribution >= 4 is 10.0 Å². The maximum Gasteiger partial charge on any atom is 0.240 e. The number of hydrogen-bond donors (Lipinski definition) is 1. The van der Waals surface area contributed by atoms with Crippen molar-refractivity contribution in [1.29, 1.82) is 0 Å². The second-order valence-corrected chi connectivity index (χ2v) is 7.01. The first-order valence-corrected chi connectivity index (χ1v) is 8.60. The second kappa shape index (κ2) is 7.60. The van der Waals surface area contributed by atoms with Gasteiger partial charge in [-0.25, -0.2) is 13.1 Å². The zero-order chi connectivity index (χ0) is 15.2. The summed E-state index contributed by atoms with van der Waals surface area (Å²) in [7, 11) is -3.44. The molecule has 0 aliphatic carbocycles. The number of benzene rings is 1.